The number of esters is 1. The van der Waals surface area contributed by atoms with Crippen molar-refractivity contribution in [1.29, 1.82) is 0 Å². The van der Waals surface area contributed by atoms with Crippen LogP contribution in [-0.4, -0.2) is 22.4 Å². The number of carbonyl (C=O) groups excluding carboxylic acids is 1. The molecule has 0 atom stereocenters. The van der Waals surface area contributed by atoms with E-state index in [1.54, 1.807) is 0 Å². The summed E-state index contributed by atoms with van der Waals surface area (Å²) in [5, 5.41) is 4.48. The smallest absolute Gasteiger partial charge is 0.316 e. The first kappa shape index (κ1) is 18.3. The number of ether oxygens (including phenoxy) is 1. The second-order valence-electron chi connectivity index (χ2n) is 4.27. The van der Waals surface area contributed by atoms with Crippen molar-refractivity contribution in [2.24, 2.45) is 0 Å². The molecule has 0 radical (unpaired) electrons. The Labute approximate surface area is 132 Å². The van der Waals surface area contributed by atoms with Crippen molar-refractivity contribution in [2.75, 3.05) is 6.61 Å². The van der Waals surface area contributed by atoms with Crippen LogP contribution in [0.4, 0.5) is 0 Å². The van der Waals surface area contributed by atoms with Crippen LogP contribution in [0.15, 0.2) is 0 Å². The van der Waals surface area contributed by atoms with Gasteiger partial charge in [-0.1, -0.05) is 13.3 Å². The first-order chi connectivity index (χ1) is 8.63. The Kier molecular flexibility index (Phi) is 8.95. The molecule has 5 nitrogen and oxygen atoms in total. The third-order valence-electron chi connectivity index (χ3n) is 2.95. The molecule has 1 aromatic rings. The maximum absolute atomic E-state index is 11.6. The number of aryl methyl sites for hydroxylation is 1. The first-order valence-corrected chi connectivity index (χ1v) is 6.75. The fourth-order valence-corrected chi connectivity index (χ4v) is 1.97. The monoisotopic (exact) mass is 381 g/mol. The highest BCUT2D eigenvalue weighted by Crippen LogP contribution is 2.00. The van der Waals surface area contributed by atoms with Crippen LogP contribution in [-0.2, 0) is 29.0 Å². The summed E-state index contributed by atoms with van der Waals surface area (Å²) >= 11 is 0. The summed E-state index contributed by atoms with van der Waals surface area (Å²) in [4.78, 5) is 11.6. The van der Waals surface area contributed by atoms with Crippen molar-refractivity contribution in [3.05, 3.63) is 11.6 Å². The van der Waals surface area contributed by atoms with Gasteiger partial charge in [-0.15, -0.1) is 4.68 Å². The molecule has 0 amide bonds. The minimum Gasteiger partial charge on any atom is -1.00 e. The van der Waals surface area contributed by atoms with E-state index in [4.69, 9.17) is 4.74 Å². The minimum atomic E-state index is -0.205. The lowest BCUT2D eigenvalue weighted by atomic mass is 10.3. The molecule has 0 aliphatic heterocycles. The van der Waals surface area contributed by atoms with E-state index < -0.39 is 0 Å². The zero-order valence-corrected chi connectivity index (χ0v) is 14.4. The molecule has 0 saturated heterocycles. The lowest BCUT2D eigenvalue weighted by Crippen LogP contribution is -3.00. The van der Waals surface area contributed by atoms with Crippen LogP contribution >= 0.6 is 0 Å². The fraction of sp³-hybridized carbons (Fsp3) is 0.769. The highest BCUT2D eigenvalue weighted by Gasteiger charge is 2.23. The Morgan fingerprint density at radius 3 is 2.58 bits per heavy atom. The molecule has 0 bridgehead atoms. The van der Waals surface area contributed by atoms with Crippen molar-refractivity contribution >= 4 is 5.97 Å². The predicted molar refractivity (Wildman–Crippen MR) is 68.1 cm³/mol. The van der Waals surface area contributed by atoms with Gasteiger partial charge in [0.2, 0.25) is 5.82 Å². The quantitative estimate of drug-likeness (QED) is 0.325. The van der Waals surface area contributed by atoms with Crippen molar-refractivity contribution < 1.29 is 38.1 Å². The van der Waals surface area contributed by atoms with Crippen molar-refractivity contribution in [3.63, 3.8) is 0 Å². The second-order valence-corrected chi connectivity index (χ2v) is 4.27. The molecule has 1 aromatic heterocycles. The van der Waals surface area contributed by atoms with Crippen LogP contribution in [0.5, 0.6) is 0 Å². The summed E-state index contributed by atoms with van der Waals surface area (Å²) < 4.78 is 9.05. The molecule has 0 unspecified atom stereocenters. The largest absolute Gasteiger partial charge is 1.00 e. The Bertz CT molecular complexity index is 405. The lowest BCUT2D eigenvalue weighted by Gasteiger charge is -2.02. The second kappa shape index (κ2) is 9.28. The Morgan fingerprint density at radius 2 is 2.05 bits per heavy atom. The Hall–Kier alpha value is -0.660. The van der Waals surface area contributed by atoms with Gasteiger partial charge in [-0.3, -0.25) is 4.79 Å². The van der Waals surface area contributed by atoms with E-state index in [1.807, 2.05) is 18.5 Å². The standard InChI is InChI=1S/C13H24N3O2.HI/c1-5-8-9-15-11(4)16(6-2)14-12(15)10-13(17)18-7-3;/h5-10H2,1-4H3;1H/q+1;/p-1. The topological polar surface area (TPSA) is 48.0 Å². The molecule has 0 saturated carbocycles. The van der Waals surface area contributed by atoms with E-state index >= 15 is 0 Å². The highest BCUT2D eigenvalue weighted by atomic mass is 127. The summed E-state index contributed by atoms with van der Waals surface area (Å²) in [6, 6.07) is 0. The lowest BCUT2D eigenvalue weighted by molar-refractivity contribution is -0.710. The SMILES string of the molecule is CCCC[n+]1c(CC(=O)OCC)nn(CC)c1C.[I-]. The molecule has 1 heterocycles. The van der Waals surface area contributed by atoms with E-state index in [9.17, 15) is 4.79 Å². The maximum Gasteiger partial charge on any atom is 0.316 e. The third-order valence-corrected chi connectivity index (χ3v) is 2.95. The average molecular weight is 381 g/mol. The molecule has 0 spiro atoms. The molecule has 110 valence electrons. The van der Waals surface area contributed by atoms with E-state index in [-0.39, 0.29) is 36.4 Å². The average Bonchev–Trinajstić information content (AvgIpc) is 2.63. The third kappa shape index (κ3) is 5.08. The van der Waals surface area contributed by atoms with Gasteiger partial charge in [0.15, 0.2) is 0 Å². The molecular weight excluding hydrogens is 357 g/mol. The van der Waals surface area contributed by atoms with Gasteiger partial charge >= 0.3 is 5.97 Å². The van der Waals surface area contributed by atoms with Crippen LogP contribution in [0.2, 0.25) is 0 Å². The summed E-state index contributed by atoms with van der Waals surface area (Å²) in [7, 11) is 0. The fourth-order valence-electron chi connectivity index (χ4n) is 1.97. The molecule has 0 N–H and O–H groups in total. The van der Waals surface area contributed by atoms with Gasteiger partial charge in [-0.05, 0) is 20.3 Å². The van der Waals surface area contributed by atoms with E-state index in [2.05, 4.69) is 23.5 Å². The molecule has 0 aromatic carbocycles. The number of nitrogens with zero attached hydrogens (tertiary/aromatic N) is 3. The number of hydrogen-bond donors (Lipinski definition) is 0. The van der Waals surface area contributed by atoms with Crippen LogP contribution < -0.4 is 28.5 Å². The molecule has 0 aliphatic rings. The summed E-state index contributed by atoms with van der Waals surface area (Å²) in [6.07, 6.45) is 2.48. The van der Waals surface area contributed by atoms with Crippen LogP contribution in [0.1, 0.15) is 45.3 Å². The summed E-state index contributed by atoms with van der Waals surface area (Å²) in [6.45, 7) is 10.2. The first-order valence-electron chi connectivity index (χ1n) is 6.75. The molecule has 1 rings (SSSR count). The maximum atomic E-state index is 11.6. The van der Waals surface area contributed by atoms with Crippen molar-refractivity contribution in [2.45, 2.75) is 60.0 Å². The van der Waals surface area contributed by atoms with E-state index in [1.165, 1.54) is 0 Å². The minimum absolute atomic E-state index is 0. The Balaban J connectivity index is 0.00000324. The normalized spacial score (nSPS) is 10.1. The number of hydrogen-bond acceptors (Lipinski definition) is 3. The van der Waals surface area contributed by atoms with Gasteiger partial charge < -0.3 is 28.7 Å². The van der Waals surface area contributed by atoms with E-state index in [0.29, 0.717) is 6.61 Å². The van der Waals surface area contributed by atoms with Crippen LogP contribution in [0.3, 0.4) is 0 Å². The molecule has 0 fully saturated rings. The van der Waals surface area contributed by atoms with E-state index in [0.717, 1.165) is 37.6 Å². The van der Waals surface area contributed by atoms with Crippen molar-refractivity contribution in [3.8, 4) is 0 Å². The number of aromatic nitrogens is 3. The van der Waals surface area contributed by atoms with Gasteiger partial charge in [0, 0.05) is 12.0 Å². The summed E-state index contributed by atoms with van der Waals surface area (Å²) in [5.74, 6) is 1.70. The zero-order valence-electron chi connectivity index (χ0n) is 12.3. The highest BCUT2D eigenvalue weighted by molar-refractivity contribution is 5.71. The number of carbonyl (C=O) groups is 1. The van der Waals surface area contributed by atoms with Crippen LogP contribution in [0.25, 0.3) is 0 Å². The Morgan fingerprint density at radius 1 is 1.37 bits per heavy atom. The summed E-state index contributed by atoms with van der Waals surface area (Å²) in [5.41, 5.74) is 0. The molecule has 6 heteroatoms. The van der Waals surface area contributed by atoms with Gasteiger partial charge in [0.25, 0.3) is 5.82 Å². The molecular formula is C13H24IN3O2. The van der Waals surface area contributed by atoms with Gasteiger partial charge in [0.05, 0.1) is 13.2 Å². The predicted octanol–water partition coefficient (Wildman–Crippen LogP) is -1.59. The zero-order chi connectivity index (χ0) is 13.5. The molecule has 0 aliphatic carbocycles. The number of unbranched alkanes of at least 4 members (excludes halogenated alkanes) is 1. The number of rotatable bonds is 7. The van der Waals surface area contributed by atoms with Crippen molar-refractivity contribution in [1.82, 2.24) is 9.78 Å². The molecule has 19 heavy (non-hydrogen) atoms. The van der Waals surface area contributed by atoms with Gasteiger partial charge in [-0.25, -0.2) is 4.57 Å². The van der Waals surface area contributed by atoms with Crippen LogP contribution in [0, 0.1) is 6.92 Å². The number of halogens is 1. The van der Waals surface area contributed by atoms with Gasteiger partial charge in [0.1, 0.15) is 13.0 Å². The van der Waals surface area contributed by atoms with Gasteiger partial charge in [-0.2, -0.15) is 0 Å².